The second-order valence-corrected chi connectivity index (χ2v) is 2.88. The van der Waals surface area contributed by atoms with E-state index in [1.165, 1.54) is 0 Å². The molecule has 0 aliphatic heterocycles. The van der Waals surface area contributed by atoms with Crippen molar-refractivity contribution in [2.75, 3.05) is 13.2 Å². The molecule has 0 aliphatic rings. The molecule has 0 saturated heterocycles. The summed E-state index contributed by atoms with van der Waals surface area (Å²) in [7, 11) is 0. The van der Waals surface area contributed by atoms with Crippen LogP contribution in [0.15, 0.2) is 6.20 Å². The molecule has 0 fully saturated rings. The van der Waals surface area contributed by atoms with Crippen molar-refractivity contribution in [1.82, 2.24) is 9.55 Å². The van der Waals surface area contributed by atoms with Crippen molar-refractivity contribution in [2.45, 2.75) is 26.3 Å². The zero-order valence-electron chi connectivity index (χ0n) is 7.90. The van der Waals surface area contributed by atoms with Crippen molar-refractivity contribution in [1.29, 1.82) is 0 Å². The molecule has 13 heavy (non-hydrogen) atoms. The lowest BCUT2D eigenvalue weighted by atomic mass is 10.3. The molecule has 0 bridgehead atoms. The maximum absolute atomic E-state index is 8.78. The molecule has 0 aromatic carbocycles. The standard InChI is InChI=1S/C9H16N2O2/c1-2-11-7-8(3-5-12)10-9(11)4-6-13/h7,12-13H,2-6H2,1H3. The van der Waals surface area contributed by atoms with Gasteiger partial charge in [-0.3, -0.25) is 0 Å². The number of nitrogens with zero attached hydrogens (tertiary/aromatic N) is 2. The minimum Gasteiger partial charge on any atom is -0.396 e. The average Bonchev–Trinajstić information content (AvgIpc) is 2.49. The average molecular weight is 184 g/mol. The van der Waals surface area contributed by atoms with Gasteiger partial charge in [-0.25, -0.2) is 4.98 Å². The number of aromatic nitrogens is 2. The second-order valence-electron chi connectivity index (χ2n) is 2.88. The first kappa shape index (κ1) is 10.2. The van der Waals surface area contributed by atoms with E-state index in [4.69, 9.17) is 10.2 Å². The Balaban J connectivity index is 2.77. The number of aliphatic hydroxyl groups excluding tert-OH is 2. The van der Waals surface area contributed by atoms with Crippen molar-refractivity contribution in [3.05, 3.63) is 17.7 Å². The Kier molecular flexibility index (Phi) is 3.92. The third-order valence-corrected chi connectivity index (χ3v) is 1.95. The topological polar surface area (TPSA) is 58.3 Å². The van der Waals surface area contributed by atoms with Crippen LogP contribution in [-0.2, 0) is 19.4 Å². The smallest absolute Gasteiger partial charge is 0.111 e. The molecule has 0 saturated carbocycles. The van der Waals surface area contributed by atoms with E-state index < -0.39 is 0 Å². The summed E-state index contributed by atoms with van der Waals surface area (Å²) in [6, 6.07) is 0. The fraction of sp³-hybridized carbons (Fsp3) is 0.667. The van der Waals surface area contributed by atoms with Crippen LogP contribution >= 0.6 is 0 Å². The van der Waals surface area contributed by atoms with E-state index in [1.54, 1.807) is 0 Å². The highest BCUT2D eigenvalue weighted by Crippen LogP contribution is 2.04. The molecule has 1 rings (SSSR count). The van der Waals surface area contributed by atoms with Crippen molar-refractivity contribution < 1.29 is 10.2 Å². The van der Waals surface area contributed by atoms with Gasteiger partial charge < -0.3 is 14.8 Å². The van der Waals surface area contributed by atoms with Gasteiger partial charge in [-0.15, -0.1) is 0 Å². The largest absolute Gasteiger partial charge is 0.396 e. The fourth-order valence-electron chi connectivity index (χ4n) is 1.32. The molecule has 1 aromatic heterocycles. The molecule has 0 spiro atoms. The highest BCUT2D eigenvalue weighted by atomic mass is 16.3. The lowest BCUT2D eigenvalue weighted by Crippen LogP contribution is -2.02. The van der Waals surface area contributed by atoms with E-state index in [2.05, 4.69) is 4.98 Å². The Hall–Kier alpha value is -0.870. The second kappa shape index (κ2) is 4.99. The molecule has 74 valence electrons. The Bertz CT molecular complexity index is 258. The zero-order chi connectivity index (χ0) is 9.68. The summed E-state index contributed by atoms with van der Waals surface area (Å²) < 4.78 is 2.00. The monoisotopic (exact) mass is 184 g/mol. The number of aliphatic hydroxyl groups is 2. The summed E-state index contributed by atoms with van der Waals surface area (Å²) in [6.07, 6.45) is 3.10. The van der Waals surface area contributed by atoms with Crippen molar-refractivity contribution >= 4 is 0 Å². The van der Waals surface area contributed by atoms with E-state index in [-0.39, 0.29) is 13.2 Å². The predicted octanol–water partition coefficient (Wildman–Crippen LogP) is -0.0274. The van der Waals surface area contributed by atoms with E-state index in [9.17, 15) is 0 Å². The molecule has 0 radical (unpaired) electrons. The maximum Gasteiger partial charge on any atom is 0.111 e. The fourth-order valence-corrected chi connectivity index (χ4v) is 1.32. The van der Waals surface area contributed by atoms with Crippen LogP contribution in [0.25, 0.3) is 0 Å². The number of hydrogen-bond donors (Lipinski definition) is 2. The maximum atomic E-state index is 8.78. The number of hydrogen-bond acceptors (Lipinski definition) is 3. The molecule has 2 N–H and O–H groups in total. The summed E-state index contributed by atoms with van der Waals surface area (Å²) in [5.74, 6) is 0.897. The van der Waals surface area contributed by atoms with Gasteiger partial charge in [0, 0.05) is 32.2 Å². The summed E-state index contributed by atoms with van der Waals surface area (Å²) in [6.45, 7) is 3.13. The van der Waals surface area contributed by atoms with Crippen molar-refractivity contribution in [3.8, 4) is 0 Å². The van der Waals surface area contributed by atoms with Crippen LogP contribution in [0, 0.1) is 0 Å². The third kappa shape index (κ3) is 2.54. The van der Waals surface area contributed by atoms with Gasteiger partial charge >= 0.3 is 0 Å². The number of rotatable bonds is 5. The molecular weight excluding hydrogens is 168 g/mol. The molecule has 4 nitrogen and oxygen atoms in total. The molecule has 0 amide bonds. The van der Waals surface area contributed by atoms with Gasteiger partial charge in [0.05, 0.1) is 12.3 Å². The van der Waals surface area contributed by atoms with Crippen LogP contribution in [0.1, 0.15) is 18.4 Å². The lowest BCUT2D eigenvalue weighted by Gasteiger charge is -2.00. The molecule has 1 heterocycles. The van der Waals surface area contributed by atoms with Crippen molar-refractivity contribution in [2.24, 2.45) is 0 Å². The van der Waals surface area contributed by atoms with Gasteiger partial charge in [-0.05, 0) is 6.92 Å². The Labute approximate surface area is 77.8 Å². The summed E-state index contributed by atoms with van der Waals surface area (Å²) >= 11 is 0. The Morgan fingerprint density at radius 2 is 2.00 bits per heavy atom. The zero-order valence-corrected chi connectivity index (χ0v) is 7.90. The molecular formula is C9H16N2O2. The van der Waals surface area contributed by atoms with E-state index >= 15 is 0 Å². The molecule has 0 unspecified atom stereocenters. The Morgan fingerprint density at radius 1 is 1.31 bits per heavy atom. The quantitative estimate of drug-likeness (QED) is 0.675. The van der Waals surface area contributed by atoms with Gasteiger partial charge in [-0.1, -0.05) is 0 Å². The lowest BCUT2D eigenvalue weighted by molar-refractivity contribution is 0.294. The number of aryl methyl sites for hydroxylation is 1. The minimum atomic E-state index is 0.121. The van der Waals surface area contributed by atoms with Crippen LogP contribution in [0.5, 0.6) is 0 Å². The highest BCUT2D eigenvalue weighted by Gasteiger charge is 2.05. The normalized spacial score (nSPS) is 10.7. The van der Waals surface area contributed by atoms with Crippen LogP contribution in [0.3, 0.4) is 0 Å². The van der Waals surface area contributed by atoms with Gasteiger partial charge in [-0.2, -0.15) is 0 Å². The van der Waals surface area contributed by atoms with Crippen molar-refractivity contribution in [3.63, 3.8) is 0 Å². The van der Waals surface area contributed by atoms with Crippen LogP contribution in [0.2, 0.25) is 0 Å². The minimum absolute atomic E-state index is 0.121. The van der Waals surface area contributed by atoms with Crippen LogP contribution < -0.4 is 0 Å². The first-order valence-electron chi connectivity index (χ1n) is 4.58. The Morgan fingerprint density at radius 3 is 2.54 bits per heavy atom. The summed E-state index contributed by atoms with van der Waals surface area (Å²) in [5, 5.41) is 17.5. The SMILES string of the molecule is CCn1cc(CCO)nc1CCO. The molecule has 4 heteroatoms. The predicted molar refractivity (Wildman–Crippen MR) is 49.5 cm³/mol. The van der Waals surface area contributed by atoms with Crippen LogP contribution in [-0.4, -0.2) is 33.0 Å². The van der Waals surface area contributed by atoms with Gasteiger partial charge in [0.25, 0.3) is 0 Å². The van der Waals surface area contributed by atoms with Gasteiger partial charge in [0.15, 0.2) is 0 Å². The highest BCUT2D eigenvalue weighted by molar-refractivity contribution is 5.04. The summed E-state index contributed by atoms with van der Waals surface area (Å²) in [5.41, 5.74) is 0.896. The molecule has 0 aliphatic carbocycles. The number of imidazole rings is 1. The first-order valence-corrected chi connectivity index (χ1v) is 4.58. The molecule has 1 aromatic rings. The van der Waals surface area contributed by atoms with Crippen LogP contribution in [0.4, 0.5) is 0 Å². The molecule has 0 atom stereocenters. The first-order chi connectivity index (χ1) is 6.31. The van der Waals surface area contributed by atoms with E-state index in [0.29, 0.717) is 12.8 Å². The van der Waals surface area contributed by atoms with E-state index in [1.807, 2.05) is 17.7 Å². The third-order valence-electron chi connectivity index (χ3n) is 1.95. The summed E-state index contributed by atoms with van der Waals surface area (Å²) in [4.78, 5) is 4.30. The van der Waals surface area contributed by atoms with Gasteiger partial charge in [0.1, 0.15) is 5.82 Å². The van der Waals surface area contributed by atoms with Gasteiger partial charge in [0.2, 0.25) is 0 Å². The van der Waals surface area contributed by atoms with E-state index in [0.717, 1.165) is 18.1 Å².